The second kappa shape index (κ2) is 5.97. The zero-order chi connectivity index (χ0) is 14.7. The van der Waals surface area contributed by atoms with Crippen LogP contribution in [-0.4, -0.2) is 20.0 Å². The van der Waals surface area contributed by atoms with Crippen molar-refractivity contribution in [2.75, 3.05) is 14.2 Å². The first-order valence-corrected chi connectivity index (χ1v) is 6.47. The van der Waals surface area contributed by atoms with Gasteiger partial charge in [-0.15, -0.1) is 0 Å². The zero-order valence-electron chi connectivity index (χ0n) is 11.6. The Balaban J connectivity index is 2.48. The highest BCUT2D eigenvalue weighted by Crippen LogP contribution is 2.36. The molecule has 0 saturated heterocycles. The van der Waals surface area contributed by atoms with Crippen molar-refractivity contribution < 1.29 is 14.3 Å². The van der Waals surface area contributed by atoms with E-state index in [2.05, 4.69) is 0 Å². The Hall–Kier alpha value is -2.00. The fourth-order valence-electron chi connectivity index (χ4n) is 2.00. The summed E-state index contributed by atoms with van der Waals surface area (Å²) in [6, 6.07) is 10.6. The average molecular weight is 291 g/mol. The number of carbonyl (C=O) groups is 1. The van der Waals surface area contributed by atoms with Gasteiger partial charge in [-0.1, -0.05) is 35.4 Å². The minimum atomic E-state index is -0.100. The van der Waals surface area contributed by atoms with E-state index in [1.807, 2.05) is 25.1 Å². The fraction of sp³-hybridized carbons (Fsp3) is 0.188. The third-order valence-electron chi connectivity index (χ3n) is 2.98. The van der Waals surface area contributed by atoms with Crippen molar-refractivity contribution >= 4 is 17.4 Å². The van der Waals surface area contributed by atoms with Crippen molar-refractivity contribution in [2.24, 2.45) is 0 Å². The van der Waals surface area contributed by atoms with Gasteiger partial charge in [-0.2, -0.15) is 0 Å². The third-order valence-corrected chi connectivity index (χ3v) is 3.26. The van der Waals surface area contributed by atoms with Crippen LogP contribution >= 0.6 is 11.6 Å². The van der Waals surface area contributed by atoms with Gasteiger partial charge in [-0.05, 0) is 25.1 Å². The summed E-state index contributed by atoms with van der Waals surface area (Å²) in [6.45, 7) is 1.94. The maximum absolute atomic E-state index is 12.5. The van der Waals surface area contributed by atoms with E-state index in [4.69, 9.17) is 21.1 Å². The third kappa shape index (κ3) is 2.78. The molecular weight excluding hydrogens is 276 g/mol. The monoisotopic (exact) mass is 290 g/mol. The lowest BCUT2D eigenvalue weighted by molar-refractivity contribution is 0.103. The van der Waals surface area contributed by atoms with Gasteiger partial charge in [0.05, 0.1) is 19.2 Å². The highest BCUT2D eigenvalue weighted by molar-refractivity contribution is 6.33. The Morgan fingerprint density at radius 1 is 1.05 bits per heavy atom. The number of methoxy groups -OCH3 is 2. The number of ketones is 1. The minimum Gasteiger partial charge on any atom is -0.493 e. The second-order valence-corrected chi connectivity index (χ2v) is 4.80. The molecule has 2 aromatic carbocycles. The summed E-state index contributed by atoms with van der Waals surface area (Å²) in [5.74, 6) is 0.766. The van der Waals surface area contributed by atoms with Crippen LogP contribution in [0, 0.1) is 6.92 Å². The predicted octanol–water partition coefficient (Wildman–Crippen LogP) is 3.90. The molecule has 0 bridgehead atoms. The van der Waals surface area contributed by atoms with Crippen molar-refractivity contribution in [3.05, 3.63) is 58.1 Å². The van der Waals surface area contributed by atoms with Crippen molar-refractivity contribution in [1.82, 2.24) is 0 Å². The average Bonchev–Trinajstić information content (AvgIpc) is 2.45. The standard InChI is InChI=1S/C16H15ClO3/c1-10-5-4-6-11(7-10)15(18)12-8-13(17)16(20-3)14(9-12)19-2/h4-9H,1-3H3. The molecule has 0 aliphatic heterocycles. The molecule has 0 saturated carbocycles. The number of benzene rings is 2. The number of hydrogen-bond donors (Lipinski definition) is 0. The second-order valence-electron chi connectivity index (χ2n) is 4.39. The zero-order valence-corrected chi connectivity index (χ0v) is 12.3. The summed E-state index contributed by atoms with van der Waals surface area (Å²) in [5.41, 5.74) is 2.12. The van der Waals surface area contributed by atoms with Gasteiger partial charge in [0.15, 0.2) is 17.3 Å². The topological polar surface area (TPSA) is 35.5 Å². The molecule has 0 aliphatic rings. The maximum atomic E-state index is 12.5. The van der Waals surface area contributed by atoms with Crippen LogP contribution in [0.5, 0.6) is 11.5 Å². The summed E-state index contributed by atoms with van der Waals surface area (Å²) in [6.07, 6.45) is 0. The van der Waals surface area contributed by atoms with E-state index in [1.54, 1.807) is 18.2 Å². The molecule has 104 valence electrons. The van der Waals surface area contributed by atoms with E-state index in [1.165, 1.54) is 14.2 Å². The van der Waals surface area contributed by atoms with E-state index in [0.717, 1.165) is 5.56 Å². The first kappa shape index (κ1) is 14.4. The number of ether oxygens (including phenoxy) is 2. The van der Waals surface area contributed by atoms with E-state index in [-0.39, 0.29) is 5.78 Å². The largest absolute Gasteiger partial charge is 0.493 e. The number of aryl methyl sites for hydroxylation is 1. The number of rotatable bonds is 4. The highest BCUT2D eigenvalue weighted by Gasteiger charge is 2.16. The predicted molar refractivity (Wildman–Crippen MR) is 79.2 cm³/mol. The van der Waals surface area contributed by atoms with Gasteiger partial charge in [0, 0.05) is 11.1 Å². The Morgan fingerprint density at radius 2 is 1.80 bits per heavy atom. The Bertz CT molecular complexity index is 650. The van der Waals surface area contributed by atoms with Crippen molar-refractivity contribution in [2.45, 2.75) is 6.92 Å². The number of carbonyl (C=O) groups excluding carboxylic acids is 1. The molecule has 2 aromatic rings. The lowest BCUT2D eigenvalue weighted by atomic mass is 10.0. The molecule has 0 fully saturated rings. The van der Waals surface area contributed by atoms with Crippen LogP contribution in [-0.2, 0) is 0 Å². The lowest BCUT2D eigenvalue weighted by Crippen LogP contribution is -2.03. The van der Waals surface area contributed by atoms with Gasteiger partial charge in [0.1, 0.15) is 0 Å². The van der Waals surface area contributed by atoms with Crippen LogP contribution in [0.4, 0.5) is 0 Å². The minimum absolute atomic E-state index is 0.100. The van der Waals surface area contributed by atoms with Crippen LogP contribution in [0.2, 0.25) is 5.02 Å². The van der Waals surface area contributed by atoms with Crippen molar-refractivity contribution in [1.29, 1.82) is 0 Å². The van der Waals surface area contributed by atoms with E-state index in [0.29, 0.717) is 27.6 Å². The number of halogens is 1. The van der Waals surface area contributed by atoms with E-state index < -0.39 is 0 Å². The van der Waals surface area contributed by atoms with E-state index >= 15 is 0 Å². The van der Waals surface area contributed by atoms with Gasteiger partial charge in [-0.3, -0.25) is 4.79 Å². The molecule has 20 heavy (non-hydrogen) atoms. The smallest absolute Gasteiger partial charge is 0.193 e. The molecule has 0 amide bonds. The quantitative estimate of drug-likeness (QED) is 0.801. The molecule has 0 aromatic heterocycles. The van der Waals surface area contributed by atoms with Crippen molar-refractivity contribution in [3.63, 3.8) is 0 Å². The molecule has 0 radical (unpaired) electrons. The normalized spacial score (nSPS) is 10.2. The fourth-order valence-corrected chi connectivity index (χ4v) is 2.29. The molecular formula is C16H15ClO3. The van der Waals surface area contributed by atoms with Crippen LogP contribution < -0.4 is 9.47 Å². The van der Waals surface area contributed by atoms with Gasteiger partial charge in [-0.25, -0.2) is 0 Å². The molecule has 3 nitrogen and oxygen atoms in total. The van der Waals surface area contributed by atoms with Crippen LogP contribution in [0.25, 0.3) is 0 Å². The Morgan fingerprint density at radius 3 is 2.40 bits per heavy atom. The highest BCUT2D eigenvalue weighted by atomic mass is 35.5. The van der Waals surface area contributed by atoms with Crippen molar-refractivity contribution in [3.8, 4) is 11.5 Å². The lowest BCUT2D eigenvalue weighted by Gasteiger charge is -2.11. The summed E-state index contributed by atoms with van der Waals surface area (Å²) in [5, 5.41) is 0.350. The summed E-state index contributed by atoms with van der Waals surface area (Å²) in [7, 11) is 3.01. The van der Waals surface area contributed by atoms with Crippen LogP contribution in [0.3, 0.4) is 0 Å². The van der Waals surface area contributed by atoms with Gasteiger partial charge >= 0.3 is 0 Å². The molecule has 0 atom stereocenters. The SMILES string of the molecule is COc1cc(C(=O)c2cccc(C)c2)cc(Cl)c1OC. The molecule has 0 heterocycles. The molecule has 4 heteroatoms. The van der Waals surface area contributed by atoms with Crippen LogP contribution in [0.1, 0.15) is 21.5 Å². The maximum Gasteiger partial charge on any atom is 0.193 e. The molecule has 0 spiro atoms. The first-order chi connectivity index (χ1) is 9.56. The van der Waals surface area contributed by atoms with E-state index in [9.17, 15) is 4.79 Å². The summed E-state index contributed by atoms with van der Waals surface area (Å²) >= 11 is 6.12. The molecule has 0 unspecified atom stereocenters. The Labute approximate surface area is 123 Å². The summed E-state index contributed by atoms with van der Waals surface area (Å²) in [4.78, 5) is 12.5. The van der Waals surface area contributed by atoms with Gasteiger partial charge in [0.25, 0.3) is 0 Å². The Kier molecular flexibility index (Phi) is 4.30. The first-order valence-electron chi connectivity index (χ1n) is 6.09. The molecule has 2 rings (SSSR count). The van der Waals surface area contributed by atoms with Gasteiger partial charge < -0.3 is 9.47 Å². The molecule has 0 aliphatic carbocycles. The molecule has 0 N–H and O–H groups in total. The van der Waals surface area contributed by atoms with Gasteiger partial charge in [0.2, 0.25) is 0 Å². The summed E-state index contributed by atoms with van der Waals surface area (Å²) < 4.78 is 10.4. The van der Waals surface area contributed by atoms with Crippen LogP contribution in [0.15, 0.2) is 36.4 Å². The number of hydrogen-bond acceptors (Lipinski definition) is 3.